The maximum absolute atomic E-state index is 13.1. The molecule has 26 heavy (non-hydrogen) atoms. The van der Waals surface area contributed by atoms with Crippen molar-refractivity contribution in [1.29, 1.82) is 0 Å². The number of nitrogens with zero attached hydrogens (tertiary/aromatic N) is 2. The molecule has 0 aliphatic carbocycles. The molecule has 0 fully saturated rings. The van der Waals surface area contributed by atoms with Gasteiger partial charge in [-0.1, -0.05) is 41.9 Å². The fourth-order valence-electron chi connectivity index (χ4n) is 3.33. The number of rotatable bonds is 3. The number of carbonyl (C=O) groups is 1. The number of aryl methyl sites for hydroxylation is 2. The van der Waals surface area contributed by atoms with E-state index in [2.05, 4.69) is 12.1 Å². The number of hydrogen-bond acceptors (Lipinski definition) is 4. The molecule has 0 bridgehead atoms. The van der Waals surface area contributed by atoms with Crippen molar-refractivity contribution in [2.75, 3.05) is 11.9 Å². The second kappa shape index (κ2) is 6.33. The molecule has 2 aromatic carbocycles. The minimum atomic E-state index is -0.199. The van der Waals surface area contributed by atoms with Gasteiger partial charge >= 0.3 is 0 Å². The minimum Gasteiger partial charge on any atom is -0.488 e. The van der Waals surface area contributed by atoms with E-state index >= 15 is 0 Å². The molecule has 4 rings (SSSR count). The van der Waals surface area contributed by atoms with Crippen LogP contribution < -0.4 is 9.64 Å². The van der Waals surface area contributed by atoms with Crippen LogP contribution >= 0.6 is 0 Å². The van der Waals surface area contributed by atoms with E-state index in [0.717, 1.165) is 34.5 Å². The van der Waals surface area contributed by atoms with Gasteiger partial charge in [0.1, 0.15) is 12.4 Å². The zero-order valence-electron chi connectivity index (χ0n) is 15.1. The van der Waals surface area contributed by atoms with Crippen LogP contribution in [0, 0.1) is 6.92 Å². The molecule has 2 heterocycles. The predicted octanol–water partition coefficient (Wildman–Crippen LogP) is 4.38. The third-order valence-corrected chi connectivity index (χ3v) is 4.78. The summed E-state index contributed by atoms with van der Waals surface area (Å²) >= 11 is 0. The van der Waals surface area contributed by atoms with E-state index in [4.69, 9.17) is 9.26 Å². The van der Waals surface area contributed by atoms with Crippen molar-refractivity contribution in [3.63, 3.8) is 0 Å². The zero-order chi connectivity index (χ0) is 18.3. The molecule has 1 aromatic heterocycles. The number of fused-ring (bicyclic) bond motifs is 3. The van der Waals surface area contributed by atoms with Gasteiger partial charge in [-0.2, -0.15) is 0 Å². The molecule has 132 valence electrons. The van der Waals surface area contributed by atoms with E-state index < -0.39 is 0 Å². The lowest BCUT2D eigenvalue weighted by Gasteiger charge is -2.21. The van der Waals surface area contributed by atoms with Crippen molar-refractivity contribution >= 4 is 11.6 Å². The highest BCUT2D eigenvalue weighted by Gasteiger charge is 2.30. The van der Waals surface area contributed by atoms with E-state index in [9.17, 15) is 4.79 Å². The number of ether oxygens (including phenoxy) is 1. The summed E-state index contributed by atoms with van der Waals surface area (Å²) in [5.74, 6) is 1.18. The summed E-state index contributed by atoms with van der Waals surface area (Å²) < 4.78 is 11.4. The van der Waals surface area contributed by atoms with Gasteiger partial charge in [0, 0.05) is 12.7 Å². The molecule has 1 amide bonds. The normalized spacial score (nSPS) is 12.1. The Hall–Kier alpha value is -3.08. The smallest absolute Gasteiger partial charge is 0.280 e. The quantitative estimate of drug-likeness (QED) is 0.705. The van der Waals surface area contributed by atoms with Crippen LogP contribution in [0.15, 0.2) is 47.0 Å². The average Bonchev–Trinajstić information content (AvgIpc) is 3.11. The highest BCUT2D eigenvalue weighted by Crippen LogP contribution is 2.39. The molecule has 5 heteroatoms. The van der Waals surface area contributed by atoms with Gasteiger partial charge in [0.15, 0.2) is 11.5 Å². The fraction of sp³-hybridized carbons (Fsp3) is 0.238. The number of aromatic nitrogens is 1. The molecular weight excluding hydrogens is 328 g/mol. The first-order valence-corrected chi connectivity index (χ1v) is 8.68. The Morgan fingerprint density at radius 1 is 1.23 bits per heavy atom. The summed E-state index contributed by atoms with van der Waals surface area (Å²) in [4.78, 5) is 14.7. The first-order valence-electron chi connectivity index (χ1n) is 8.68. The van der Waals surface area contributed by atoms with Gasteiger partial charge in [0.05, 0.1) is 11.1 Å². The summed E-state index contributed by atoms with van der Waals surface area (Å²) in [6, 6.07) is 13.8. The molecule has 1 aliphatic rings. The second-order valence-electron chi connectivity index (χ2n) is 6.47. The van der Waals surface area contributed by atoms with Gasteiger partial charge in [-0.25, -0.2) is 0 Å². The molecule has 0 saturated carbocycles. The molecule has 0 spiro atoms. The maximum atomic E-state index is 13.1. The lowest BCUT2D eigenvalue weighted by molar-refractivity contribution is 0.0982. The van der Waals surface area contributed by atoms with Crippen LogP contribution in [0.1, 0.15) is 34.1 Å². The summed E-state index contributed by atoms with van der Waals surface area (Å²) in [7, 11) is 1.76. The third kappa shape index (κ3) is 2.56. The summed E-state index contributed by atoms with van der Waals surface area (Å²) in [5.41, 5.74) is 4.94. The lowest BCUT2D eigenvalue weighted by atomic mass is 10.0. The Morgan fingerprint density at radius 2 is 2.04 bits per heavy atom. The van der Waals surface area contributed by atoms with Crippen LogP contribution in [-0.4, -0.2) is 18.1 Å². The third-order valence-electron chi connectivity index (χ3n) is 4.78. The number of carbonyl (C=O) groups excluding carboxylic acids is 1. The van der Waals surface area contributed by atoms with Gasteiger partial charge in [0.25, 0.3) is 5.91 Å². The van der Waals surface area contributed by atoms with Crippen LogP contribution in [0.3, 0.4) is 0 Å². The highest BCUT2D eigenvalue weighted by molar-refractivity contribution is 6.06. The van der Waals surface area contributed by atoms with Crippen LogP contribution in [0.5, 0.6) is 5.75 Å². The maximum Gasteiger partial charge on any atom is 0.280 e. The first-order chi connectivity index (χ1) is 12.6. The van der Waals surface area contributed by atoms with E-state index in [1.165, 1.54) is 0 Å². The molecule has 0 atom stereocenters. The van der Waals surface area contributed by atoms with Crippen molar-refractivity contribution in [3.05, 3.63) is 64.8 Å². The van der Waals surface area contributed by atoms with Crippen LogP contribution in [0.4, 0.5) is 5.69 Å². The van der Waals surface area contributed by atoms with Gasteiger partial charge in [-0.15, -0.1) is 0 Å². The molecule has 1 aliphatic heterocycles. The molecule has 5 nitrogen and oxygen atoms in total. The summed E-state index contributed by atoms with van der Waals surface area (Å²) in [6.07, 6.45) is 0.848. The summed E-state index contributed by atoms with van der Waals surface area (Å²) in [6.45, 7) is 4.36. The van der Waals surface area contributed by atoms with Gasteiger partial charge in [0.2, 0.25) is 0 Å². The lowest BCUT2D eigenvalue weighted by Crippen LogP contribution is -2.28. The minimum absolute atomic E-state index is 0.199. The molecule has 0 saturated heterocycles. The zero-order valence-corrected chi connectivity index (χ0v) is 15.1. The van der Waals surface area contributed by atoms with Crippen molar-refractivity contribution in [1.82, 2.24) is 5.16 Å². The average molecular weight is 348 g/mol. The Labute approximate surface area is 152 Å². The topological polar surface area (TPSA) is 55.6 Å². The predicted molar refractivity (Wildman–Crippen MR) is 99.6 cm³/mol. The molecular formula is C21H20N2O3. The van der Waals surface area contributed by atoms with Crippen LogP contribution in [-0.2, 0) is 13.0 Å². The highest BCUT2D eigenvalue weighted by atomic mass is 16.5. The number of anilines is 1. The van der Waals surface area contributed by atoms with Crippen LogP contribution in [0.2, 0.25) is 0 Å². The Bertz CT molecular complexity index is 991. The van der Waals surface area contributed by atoms with Crippen molar-refractivity contribution in [2.45, 2.75) is 26.9 Å². The summed E-state index contributed by atoms with van der Waals surface area (Å²) in [5, 5.41) is 4.08. The standard InChI is InChI=1S/C21H20N2O3/c1-4-14-7-5-6-8-17(14)23(3)21(24)19-16-12-25-18-10-9-13(2)11-15(18)20(16)26-22-19/h5-11H,4,12H2,1-3H3. The van der Waals surface area contributed by atoms with E-state index in [1.807, 2.05) is 49.4 Å². The molecule has 3 aromatic rings. The number of hydrogen-bond donors (Lipinski definition) is 0. The fourth-order valence-corrected chi connectivity index (χ4v) is 3.33. The largest absolute Gasteiger partial charge is 0.488 e. The van der Waals surface area contributed by atoms with Gasteiger partial charge < -0.3 is 14.2 Å². The Balaban J connectivity index is 1.73. The SMILES string of the molecule is CCc1ccccc1N(C)C(=O)c1noc2c1COc1ccc(C)cc1-2. The van der Waals surface area contributed by atoms with Crippen molar-refractivity contribution in [2.24, 2.45) is 0 Å². The van der Waals surface area contributed by atoms with Crippen molar-refractivity contribution in [3.8, 4) is 17.1 Å². The molecule has 0 radical (unpaired) electrons. The van der Waals surface area contributed by atoms with Gasteiger partial charge in [-0.05, 0) is 37.1 Å². The second-order valence-corrected chi connectivity index (χ2v) is 6.47. The van der Waals surface area contributed by atoms with E-state index in [0.29, 0.717) is 17.0 Å². The van der Waals surface area contributed by atoms with Crippen molar-refractivity contribution < 1.29 is 14.1 Å². The van der Waals surface area contributed by atoms with Crippen LogP contribution in [0.25, 0.3) is 11.3 Å². The molecule has 0 unspecified atom stereocenters. The van der Waals surface area contributed by atoms with E-state index in [-0.39, 0.29) is 12.5 Å². The first kappa shape index (κ1) is 16.4. The monoisotopic (exact) mass is 348 g/mol. The van der Waals surface area contributed by atoms with E-state index in [1.54, 1.807) is 11.9 Å². The number of amides is 1. The Morgan fingerprint density at radius 3 is 2.85 bits per heavy atom. The Kier molecular flexibility index (Phi) is 3.99. The van der Waals surface area contributed by atoms with Gasteiger partial charge in [-0.3, -0.25) is 4.79 Å². The number of benzene rings is 2. The number of para-hydroxylation sites is 1. The molecule has 0 N–H and O–H groups in total.